The summed E-state index contributed by atoms with van der Waals surface area (Å²) in [5.41, 5.74) is 6.99. The Morgan fingerprint density at radius 2 is 2.29 bits per heavy atom. The van der Waals surface area contributed by atoms with Gasteiger partial charge in [0.25, 0.3) is 0 Å². The lowest BCUT2D eigenvalue weighted by atomic mass is 10.0. The highest BCUT2D eigenvalue weighted by molar-refractivity contribution is 5.09. The van der Waals surface area contributed by atoms with Crippen LogP contribution in [0, 0.1) is 5.92 Å². The quantitative estimate of drug-likeness (QED) is 0.750. The Bertz CT molecular complexity index is 246. The Kier molecular flexibility index (Phi) is 4.56. The van der Waals surface area contributed by atoms with E-state index in [1.165, 1.54) is 5.56 Å². The number of aromatic nitrogens is 1. The van der Waals surface area contributed by atoms with Gasteiger partial charge in [-0.25, -0.2) is 0 Å². The van der Waals surface area contributed by atoms with E-state index < -0.39 is 0 Å². The van der Waals surface area contributed by atoms with Crippen molar-refractivity contribution in [3.8, 4) is 0 Å². The second-order valence-corrected chi connectivity index (χ2v) is 3.93. The van der Waals surface area contributed by atoms with Crippen LogP contribution in [0.25, 0.3) is 0 Å². The van der Waals surface area contributed by atoms with Gasteiger partial charge in [0.2, 0.25) is 0 Å². The number of rotatable bonds is 5. The molecule has 0 aliphatic carbocycles. The molecule has 14 heavy (non-hydrogen) atoms. The summed E-state index contributed by atoms with van der Waals surface area (Å²) in [5.74, 6) is 0.522. The molecule has 3 heteroatoms. The normalized spacial score (nSPS) is 13.1. The van der Waals surface area contributed by atoms with Crippen LogP contribution in [0.1, 0.15) is 5.56 Å². The van der Waals surface area contributed by atoms with Gasteiger partial charge in [0, 0.05) is 18.9 Å². The first-order chi connectivity index (χ1) is 6.72. The SMILES string of the molecule is CN(C)CC(CN)Cc1cccnc1. The van der Waals surface area contributed by atoms with Gasteiger partial charge in [-0.15, -0.1) is 0 Å². The molecule has 1 aromatic rings. The lowest BCUT2D eigenvalue weighted by Crippen LogP contribution is -2.29. The van der Waals surface area contributed by atoms with Gasteiger partial charge in [0.15, 0.2) is 0 Å². The van der Waals surface area contributed by atoms with Crippen LogP contribution in [-0.4, -0.2) is 37.1 Å². The molecule has 0 amide bonds. The summed E-state index contributed by atoms with van der Waals surface area (Å²) < 4.78 is 0. The van der Waals surface area contributed by atoms with Gasteiger partial charge in [-0.1, -0.05) is 6.07 Å². The summed E-state index contributed by atoms with van der Waals surface area (Å²) in [6.45, 7) is 1.76. The Morgan fingerprint density at radius 3 is 2.79 bits per heavy atom. The Balaban J connectivity index is 2.48. The Morgan fingerprint density at radius 1 is 1.50 bits per heavy atom. The van der Waals surface area contributed by atoms with Gasteiger partial charge in [0.1, 0.15) is 0 Å². The highest BCUT2D eigenvalue weighted by Gasteiger charge is 2.08. The van der Waals surface area contributed by atoms with Crippen LogP contribution in [0.3, 0.4) is 0 Å². The van der Waals surface area contributed by atoms with Crippen LogP contribution < -0.4 is 5.73 Å². The van der Waals surface area contributed by atoms with Crippen molar-refractivity contribution in [1.29, 1.82) is 0 Å². The average molecular weight is 193 g/mol. The summed E-state index contributed by atoms with van der Waals surface area (Å²) in [7, 11) is 4.15. The van der Waals surface area contributed by atoms with Crippen LogP contribution in [0.2, 0.25) is 0 Å². The monoisotopic (exact) mass is 193 g/mol. The van der Waals surface area contributed by atoms with E-state index in [1.54, 1.807) is 6.20 Å². The maximum atomic E-state index is 5.72. The molecule has 0 radical (unpaired) electrons. The molecule has 0 aromatic carbocycles. The minimum Gasteiger partial charge on any atom is -0.330 e. The molecule has 0 spiro atoms. The minimum atomic E-state index is 0.522. The van der Waals surface area contributed by atoms with E-state index in [4.69, 9.17) is 5.73 Å². The minimum absolute atomic E-state index is 0.522. The van der Waals surface area contributed by atoms with Gasteiger partial charge in [-0.2, -0.15) is 0 Å². The molecule has 3 nitrogen and oxygen atoms in total. The van der Waals surface area contributed by atoms with Crippen LogP contribution in [-0.2, 0) is 6.42 Å². The second kappa shape index (κ2) is 5.73. The van der Waals surface area contributed by atoms with Crippen molar-refractivity contribution < 1.29 is 0 Å². The Labute approximate surface area is 85.9 Å². The molecular formula is C11H19N3. The molecule has 1 atom stereocenters. The van der Waals surface area contributed by atoms with Crippen LogP contribution >= 0.6 is 0 Å². The van der Waals surface area contributed by atoms with E-state index in [-0.39, 0.29) is 0 Å². The highest BCUT2D eigenvalue weighted by atomic mass is 15.1. The number of pyridine rings is 1. The lowest BCUT2D eigenvalue weighted by Gasteiger charge is -2.19. The van der Waals surface area contributed by atoms with E-state index in [0.717, 1.165) is 19.5 Å². The number of nitrogens with two attached hydrogens (primary N) is 1. The largest absolute Gasteiger partial charge is 0.330 e. The van der Waals surface area contributed by atoms with Crippen LogP contribution in [0.5, 0.6) is 0 Å². The first-order valence-corrected chi connectivity index (χ1v) is 4.96. The molecule has 0 saturated heterocycles. The molecule has 0 fully saturated rings. The van der Waals surface area contributed by atoms with Gasteiger partial charge >= 0.3 is 0 Å². The van der Waals surface area contributed by atoms with Crippen molar-refractivity contribution >= 4 is 0 Å². The summed E-state index contributed by atoms with van der Waals surface area (Å²) in [6, 6.07) is 4.07. The summed E-state index contributed by atoms with van der Waals surface area (Å²) >= 11 is 0. The maximum absolute atomic E-state index is 5.72. The molecule has 1 heterocycles. The van der Waals surface area contributed by atoms with E-state index in [2.05, 4.69) is 30.0 Å². The standard InChI is InChI=1S/C11H19N3/c1-14(2)9-11(7-12)6-10-4-3-5-13-8-10/h3-5,8,11H,6-7,9,12H2,1-2H3. The zero-order valence-electron chi connectivity index (χ0n) is 8.98. The number of hydrogen-bond acceptors (Lipinski definition) is 3. The van der Waals surface area contributed by atoms with E-state index in [0.29, 0.717) is 5.92 Å². The smallest absolute Gasteiger partial charge is 0.0299 e. The van der Waals surface area contributed by atoms with E-state index in [9.17, 15) is 0 Å². The first kappa shape index (κ1) is 11.1. The third-order valence-electron chi connectivity index (χ3n) is 2.20. The summed E-state index contributed by atoms with van der Waals surface area (Å²) in [5, 5.41) is 0. The van der Waals surface area contributed by atoms with Crippen LogP contribution in [0.15, 0.2) is 24.5 Å². The molecule has 2 N–H and O–H groups in total. The maximum Gasteiger partial charge on any atom is 0.0299 e. The van der Waals surface area contributed by atoms with Crippen molar-refractivity contribution in [2.75, 3.05) is 27.2 Å². The van der Waals surface area contributed by atoms with Gasteiger partial charge in [-0.05, 0) is 44.6 Å². The molecule has 1 rings (SSSR count). The Hall–Kier alpha value is -0.930. The molecule has 0 bridgehead atoms. The summed E-state index contributed by atoms with van der Waals surface area (Å²) in [4.78, 5) is 6.27. The molecule has 0 aliphatic heterocycles. The van der Waals surface area contributed by atoms with Crippen molar-refractivity contribution in [2.45, 2.75) is 6.42 Å². The van der Waals surface area contributed by atoms with Crippen LogP contribution in [0.4, 0.5) is 0 Å². The highest BCUT2D eigenvalue weighted by Crippen LogP contribution is 2.07. The zero-order chi connectivity index (χ0) is 10.4. The van der Waals surface area contributed by atoms with Gasteiger partial charge in [-0.3, -0.25) is 4.98 Å². The molecule has 1 aromatic heterocycles. The lowest BCUT2D eigenvalue weighted by molar-refractivity contribution is 0.327. The third kappa shape index (κ3) is 3.85. The fraction of sp³-hybridized carbons (Fsp3) is 0.545. The van der Waals surface area contributed by atoms with Crippen molar-refractivity contribution in [1.82, 2.24) is 9.88 Å². The van der Waals surface area contributed by atoms with Crippen molar-refractivity contribution in [3.63, 3.8) is 0 Å². The van der Waals surface area contributed by atoms with Crippen molar-refractivity contribution in [2.24, 2.45) is 11.7 Å². The fourth-order valence-corrected chi connectivity index (χ4v) is 1.59. The zero-order valence-corrected chi connectivity index (χ0v) is 8.98. The average Bonchev–Trinajstić information content (AvgIpc) is 2.17. The van der Waals surface area contributed by atoms with Gasteiger partial charge < -0.3 is 10.6 Å². The van der Waals surface area contributed by atoms with Gasteiger partial charge in [0.05, 0.1) is 0 Å². The third-order valence-corrected chi connectivity index (χ3v) is 2.20. The second-order valence-electron chi connectivity index (χ2n) is 3.93. The topological polar surface area (TPSA) is 42.1 Å². The molecule has 0 saturated carbocycles. The molecular weight excluding hydrogens is 174 g/mol. The fourth-order valence-electron chi connectivity index (χ4n) is 1.59. The number of nitrogens with zero attached hydrogens (tertiary/aromatic N) is 2. The predicted molar refractivity (Wildman–Crippen MR) is 59.0 cm³/mol. The van der Waals surface area contributed by atoms with Crippen molar-refractivity contribution in [3.05, 3.63) is 30.1 Å². The summed E-state index contributed by atoms with van der Waals surface area (Å²) in [6.07, 6.45) is 4.73. The van der Waals surface area contributed by atoms with E-state index in [1.807, 2.05) is 12.3 Å². The predicted octanol–water partition coefficient (Wildman–Crippen LogP) is 0.761. The first-order valence-electron chi connectivity index (χ1n) is 4.96. The number of hydrogen-bond donors (Lipinski definition) is 1. The van der Waals surface area contributed by atoms with E-state index >= 15 is 0 Å². The molecule has 78 valence electrons. The molecule has 0 aliphatic rings. The molecule has 1 unspecified atom stereocenters.